The van der Waals surface area contributed by atoms with Gasteiger partial charge in [-0.05, 0) is 40.5 Å². The Balaban J connectivity index is 2.02. The third kappa shape index (κ3) is 3.41. The number of hydrogen-bond acceptors (Lipinski definition) is 3. The maximum Gasteiger partial charge on any atom is 0.143 e. The molecule has 0 fully saturated rings. The van der Waals surface area contributed by atoms with Gasteiger partial charge in [-0.1, -0.05) is 17.7 Å². The number of nitrogens with zero attached hydrogens (tertiary/aromatic N) is 2. The van der Waals surface area contributed by atoms with E-state index in [2.05, 4.69) is 31.2 Å². The van der Waals surface area contributed by atoms with Crippen molar-refractivity contribution in [1.82, 2.24) is 9.97 Å². The van der Waals surface area contributed by atoms with Crippen molar-refractivity contribution < 1.29 is 0 Å². The second-order valence-electron chi connectivity index (χ2n) is 3.66. The van der Waals surface area contributed by atoms with Crippen LogP contribution in [-0.2, 0) is 6.54 Å². The first-order valence-corrected chi connectivity index (χ1v) is 6.29. The highest BCUT2D eigenvalue weighted by Gasteiger charge is 2.00. The van der Waals surface area contributed by atoms with Crippen LogP contribution in [0.4, 0.5) is 5.69 Å². The average Bonchev–Trinajstić information content (AvgIpc) is 2.33. The summed E-state index contributed by atoms with van der Waals surface area (Å²) in [5.74, 6) is 0. The summed E-state index contributed by atoms with van der Waals surface area (Å²) in [6.45, 7) is 2.68. The second kappa shape index (κ2) is 5.47. The first-order valence-electron chi connectivity index (χ1n) is 5.11. The number of hydrogen-bond donors (Lipinski definition) is 1. The van der Waals surface area contributed by atoms with Crippen molar-refractivity contribution in [2.45, 2.75) is 13.5 Å². The molecule has 0 spiro atoms. The lowest BCUT2D eigenvalue weighted by atomic mass is 10.2. The number of aryl methyl sites for hydroxylation is 1. The van der Waals surface area contributed by atoms with Gasteiger partial charge in [0, 0.05) is 18.4 Å². The van der Waals surface area contributed by atoms with Crippen molar-refractivity contribution in [2.24, 2.45) is 0 Å². The van der Waals surface area contributed by atoms with E-state index in [0.717, 1.165) is 21.4 Å². The molecule has 0 aliphatic carbocycles. The molecule has 2 aromatic rings. The molecule has 0 aliphatic heterocycles. The van der Waals surface area contributed by atoms with Crippen LogP contribution in [0.2, 0.25) is 5.15 Å². The van der Waals surface area contributed by atoms with Crippen LogP contribution in [0.25, 0.3) is 0 Å². The summed E-state index contributed by atoms with van der Waals surface area (Å²) in [6, 6.07) is 5.94. The number of pyridine rings is 2. The summed E-state index contributed by atoms with van der Waals surface area (Å²) in [5.41, 5.74) is 3.06. The zero-order valence-electron chi connectivity index (χ0n) is 9.24. The van der Waals surface area contributed by atoms with Gasteiger partial charge in [-0.15, -0.1) is 0 Å². The summed E-state index contributed by atoms with van der Waals surface area (Å²) in [5, 5.41) is 3.72. The normalized spacial score (nSPS) is 10.3. The van der Waals surface area contributed by atoms with E-state index in [1.54, 1.807) is 6.20 Å². The fraction of sp³-hybridized carbons (Fsp3) is 0.167. The largest absolute Gasteiger partial charge is 0.380 e. The maximum absolute atomic E-state index is 5.82. The Morgan fingerprint density at radius 1 is 1.29 bits per heavy atom. The Morgan fingerprint density at radius 3 is 2.76 bits per heavy atom. The number of halogens is 2. The van der Waals surface area contributed by atoms with Crippen LogP contribution >= 0.6 is 27.5 Å². The molecule has 0 aliphatic rings. The predicted octanol–water partition coefficient (Wildman–Crippen LogP) is 3.81. The number of aromatic nitrogens is 2. The van der Waals surface area contributed by atoms with Crippen LogP contribution in [-0.4, -0.2) is 9.97 Å². The van der Waals surface area contributed by atoms with Gasteiger partial charge in [0.15, 0.2) is 0 Å². The Bertz CT molecular complexity index is 514. The molecule has 2 rings (SSSR count). The standard InChI is InChI=1S/C12H11BrClN3/c1-8-2-3-9(5-15-8)6-16-10-4-11(13)12(14)17-7-10/h2-5,7,16H,6H2,1H3. The quantitative estimate of drug-likeness (QED) is 0.876. The highest BCUT2D eigenvalue weighted by Crippen LogP contribution is 2.23. The van der Waals surface area contributed by atoms with E-state index in [4.69, 9.17) is 11.6 Å². The van der Waals surface area contributed by atoms with E-state index in [-0.39, 0.29) is 0 Å². The van der Waals surface area contributed by atoms with Crippen LogP contribution in [0.5, 0.6) is 0 Å². The molecule has 5 heteroatoms. The number of anilines is 1. The maximum atomic E-state index is 5.82. The Labute approximate surface area is 113 Å². The molecule has 0 saturated carbocycles. The van der Waals surface area contributed by atoms with Gasteiger partial charge in [-0.25, -0.2) is 4.98 Å². The van der Waals surface area contributed by atoms with Gasteiger partial charge in [0.1, 0.15) is 5.15 Å². The van der Waals surface area contributed by atoms with Crippen LogP contribution < -0.4 is 5.32 Å². The molecule has 88 valence electrons. The van der Waals surface area contributed by atoms with Crippen LogP contribution in [0, 0.1) is 6.92 Å². The third-order valence-electron chi connectivity index (χ3n) is 2.27. The molecule has 0 radical (unpaired) electrons. The third-order valence-corrected chi connectivity index (χ3v) is 3.40. The summed E-state index contributed by atoms with van der Waals surface area (Å²) >= 11 is 9.15. The fourth-order valence-electron chi connectivity index (χ4n) is 1.33. The Kier molecular flexibility index (Phi) is 3.97. The molecule has 2 aromatic heterocycles. The monoisotopic (exact) mass is 311 g/mol. The molecule has 0 unspecified atom stereocenters. The van der Waals surface area contributed by atoms with Gasteiger partial charge in [-0.2, -0.15) is 0 Å². The van der Waals surface area contributed by atoms with Crippen molar-refractivity contribution in [3.05, 3.63) is 51.5 Å². The lowest BCUT2D eigenvalue weighted by Gasteiger charge is -2.07. The second-order valence-corrected chi connectivity index (χ2v) is 4.87. The van der Waals surface area contributed by atoms with Crippen LogP contribution in [0.15, 0.2) is 35.1 Å². The molecule has 0 aromatic carbocycles. The Hall–Kier alpha value is -1.13. The number of rotatable bonds is 3. The van der Waals surface area contributed by atoms with Crippen molar-refractivity contribution in [3.8, 4) is 0 Å². The highest BCUT2D eigenvalue weighted by molar-refractivity contribution is 9.10. The number of nitrogens with one attached hydrogen (secondary N) is 1. The van der Waals surface area contributed by atoms with Crippen molar-refractivity contribution in [2.75, 3.05) is 5.32 Å². The first-order chi connectivity index (χ1) is 8.15. The van der Waals surface area contributed by atoms with E-state index in [1.807, 2.05) is 31.3 Å². The minimum atomic E-state index is 0.465. The van der Waals surface area contributed by atoms with Gasteiger partial charge >= 0.3 is 0 Å². The molecular weight excluding hydrogens is 302 g/mol. The fourth-order valence-corrected chi connectivity index (χ4v) is 1.78. The van der Waals surface area contributed by atoms with Crippen molar-refractivity contribution in [3.63, 3.8) is 0 Å². The molecule has 1 N–H and O–H groups in total. The predicted molar refractivity (Wildman–Crippen MR) is 73.2 cm³/mol. The Morgan fingerprint density at radius 2 is 2.12 bits per heavy atom. The van der Waals surface area contributed by atoms with Gasteiger partial charge in [-0.3, -0.25) is 4.98 Å². The molecule has 0 saturated heterocycles. The molecule has 2 heterocycles. The van der Waals surface area contributed by atoms with E-state index >= 15 is 0 Å². The van der Waals surface area contributed by atoms with Gasteiger partial charge in [0.2, 0.25) is 0 Å². The van der Waals surface area contributed by atoms with E-state index in [0.29, 0.717) is 11.7 Å². The highest BCUT2D eigenvalue weighted by atomic mass is 79.9. The van der Waals surface area contributed by atoms with Crippen molar-refractivity contribution in [1.29, 1.82) is 0 Å². The SMILES string of the molecule is Cc1ccc(CNc2cnc(Cl)c(Br)c2)cn1. The van der Waals surface area contributed by atoms with E-state index in [9.17, 15) is 0 Å². The lowest BCUT2D eigenvalue weighted by molar-refractivity contribution is 1.08. The lowest BCUT2D eigenvalue weighted by Crippen LogP contribution is -2.00. The smallest absolute Gasteiger partial charge is 0.143 e. The minimum absolute atomic E-state index is 0.465. The minimum Gasteiger partial charge on any atom is -0.380 e. The van der Waals surface area contributed by atoms with Gasteiger partial charge in [0.05, 0.1) is 16.4 Å². The molecule has 0 bridgehead atoms. The zero-order valence-corrected chi connectivity index (χ0v) is 11.6. The zero-order chi connectivity index (χ0) is 12.3. The first kappa shape index (κ1) is 12.3. The van der Waals surface area contributed by atoms with E-state index < -0.39 is 0 Å². The molecular formula is C12H11BrClN3. The molecule has 17 heavy (non-hydrogen) atoms. The summed E-state index contributed by atoms with van der Waals surface area (Å²) in [4.78, 5) is 8.28. The van der Waals surface area contributed by atoms with Crippen LogP contribution in [0.1, 0.15) is 11.3 Å². The topological polar surface area (TPSA) is 37.8 Å². The van der Waals surface area contributed by atoms with Gasteiger partial charge in [0.25, 0.3) is 0 Å². The van der Waals surface area contributed by atoms with Gasteiger partial charge < -0.3 is 5.32 Å². The van der Waals surface area contributed by atoms with Crippen LogP contribution in [0.3, 0.4) is 0 Å². The molecule has 3 nitrogen and oxygen atoms in total. The summed E-state index contributed by atoms with van der Waals surface area (Å²) < 4.78 is 0.784. The summed E-state index contributed by atoms with van der Waals surface area (Å²) in [7, 11) is 0. The molecule has 0 atom stereocenters. The molecule has 0 amide bonds. The van der Waals surface area contributed by atoms with Crippen molar-refractivity contribution >= 4 is 33.2 Å². The average molecular weight is 313 g/mol. The summed E-state index contributed by atoms with van der Waals surface area (Å²) in [6.07, 6.45) is 3.56. The van der Waals surface area contributed by atoms with E-state index in [1.165, 1.54) is 0 Å².